The van der Waals surface area contributed by atoms with E-state index < -0.39 is 9.85 Å². The zero-order valence-corrected chi connectivity index (χ0v) is 12.5. The van der Waals surface area contributed by atoms with E-state index in [1.807, 2.05) is 0 Å². The molecule has 1 N–H and O–H groups in total. The molecule has 0 amide bonds. The lowest BCUT2D eigenvalue weighted by atomic mass is 10.2. The summed E-state index contributed by atoms with van der Waals surface area (Å²) in [5.41, 5.74) is 2.97. The minimum absolute atomic E-state index is 0.0103. The SMILES string of the molecule is Cc1ccc([N+](=O)[O-])c(N/N=C\c2ccc(Cl)c([N+](=O)[O-])c2)n1. The van der Waals surface area contributed by atoms with Gasteiger partial charge in [-0.25, -0.2) is 4.98 Å². The Kier molecular flexibility index (Phi) is 4.82. The highest BCUT2D eigenvalue weighted by molar-refractivity contribution is 6.32. The largest absolute Gasteiger partial charge is 0.313 e. The van der Waals surface area contributed by atoms with Crippen LogP contribution in [-0.2, 0) is 0 Å². The number of nitrogens with zero attached hydrogens (tertiary/aromatic N) is 4. The third-order valence-electron chi connectivity index (χ3n) is 2.76. The van der Waals surface area contributed by atoms with Gasteiger partial charge >= 0.3 is 5.69 Å². The van der Waals surface area contributed by atoms with Crippen molar-refractivity contribution >= 4 is 35.0 Å². The fraction of sp³-hybridized carbons (Fsp3) is 0.0769. The van der Waals surface area contributed by atoms with Gasteiger partial charge in [-0.15, -0.1) is 0 Å². The quantitative estimate of drug-likeness (QED) is 0.508. The molecule has 0 unspecified atom stereocenters. The molecule has 9 nitrogen and oxygen atoms in total. The van der Waals surface area contributed by atoms with Crippen molar-refractivity contribution in [1.29, 1.82) is 0 Å². The lowest BCUT2D eigenvalue weighted by Crippen LogP contribution is -2.00. The van der Waals surface area contributed by atoms with Gasteiger partial charge in [0.05, 0.1) is 16.1 Å². The summed E-state index contributed by atoms with van der Waals surface area (Å²) >= 11 is 5.71. The van der Waals surface area contributed by atoms with Gasteiger partial charge < -0.3 is 0 Å². The molecule has 23 heavy (non-hydrogen) atoms. The van der Waals surface area contributed by atoms with E-state index in [4.69, 9.17) is 11.6 Å². The second-order valence-electron chi connectivity index (χ2n) is 4.42. The molecule has 0 saturated carbocycles. The number of pyridine rings is 1. The zero-order valence-electron chi connectivity index (χ0n) is 11.8. The Hall–Kier alpha value is -3.07. The second-order valence-corrected chi connectivity index (χ2v) is 4.82. The molecule has 10 heteroatoms. The average molecular weight is 336 g/mol. The van der Waals surface area contributed by atoms with Crippen LogP contribution in [0.15, 0.2) is 35.4 Å². The Balaban J connectivity index is 2.23. The first kappa shape index (κ1) is 16.3. The average Bonchev–Trinajstić information content (AvgIpc) is 2.48. The van der Waals surface area contributed by atoms with Gasteiger partial charge in [0.15, 0.2) is 0 Å². The number of nitro groups is 2. The number of hydrazone groups is 1. The molecule has 2 aromatic rings. The van der Waals surface area contributed by atoms with Gasteiger partial charge in [-0.2, -0.15) is 5.10 Å². The Bertz CT molecular complexity index is 809. The Labute approximate surface area is 134 Å². The number of aromatic nitrogens is 1. The molecular formula is C13H10ClN5O4. The topological polar surface area (TPSA) is 124 Å². The van der Waals surface area contributed by atoms with Crippen LogP contribution in [0.3, 0.4) is 0 Å². The van der Waals surface area contributed by atoms with E-state index in [1.54, 1.807) is 6.92 Å². The van der Waals surface area contributed by atoms with E-state index in [1.165, 1.54) is 36.5 Å². The van der Waals surface area contributed by atoms with Crippen molar-refractivity contribution < 1.29 is 9.85 Å². The van der Waals surface area contributed by atoms with Crippen molar-refractivity contribution in [2.24, 2.45) is 5.10 Å². The first-order valence-corrected chi connectivity index (χ1v) is 6.61. The molecule has 118 valence electrons. The van der Waals surface area contributed by atoms with Crippen LogP contribution in [0.25, 0.3) is 0 Å². The maximum Gasteiger partial charge on any atom is 0.313 e. The van der Waals surface area contributed by atoms with Crippen molar-refractivity contribution in [3.63, 3.8) is 0 Å². The standard InChI is InChI=1S/C13H10ClN5O4/c1-8-2-5-11(18(20)21)13(16-8)17-15-7-9-3-4-10(14)12(6-9)19(22)23/h2-7H,1H3,(H,16,17)/b15-7-. The molecule has 0 aliphatic carbocycles. The number of benzene rings is 1. The van der Waals surface area contributed by atoms with Crippen LogP contribution in [0, 0.1) is 27.2 Å². The fourth-order valence-corrected chi connectivity index (χ4v) is 1.88. The number of hydrogen-bond donors (Lipinski definition) is 1. The lowest BCUT2D eigenvalue weighted by Gasteiger charge is -2.02. The van der Waals surface area contributed by atoms with Crippen LogP contribution in [-0.4, -0.2) is 21.0 Å². The van der Waals surface area contributed by atoms with Gasteiger partial charge in [0.1, 0.15) is 5.02 Å². The van der Waals surface area contributed by atoms with E-state index in [2.05, 4.69) is 15.5 Å². The summed E-state index contributed by atoms with van der Waals surface area (Å²) in [4.78, 5) is 24.5. The van der Waals surface area contributed by atoms with Crippen molar-refractivity contribution in [3.8, 4) is 0 Å². The Morgan fingerprint density at radius 2 is 1.87 bits per heavy atom. The van der Waals surface area contributed by atoms with Gasteiger partial charge in [-0.05, 0) is 19.1 Å². The molecule has 0 spiro atoms. The number of aryl methyl sites for hydroxylation is 1. The van der Waals surface area contributed by atoms with E-state index in [9.17, 15) is 20.2 Å². The van der Waals surface area contributed by atoms with Crippen molar-refractivity contribution in [1.82, 2.24) is 4.98 Å². The summed E-state index contributed by atoms with van der Waals surface area (Å²) < 4.78 is 0. The molecule has 0 atom stereocenters. The van der Waals surface area contributed by atoms with Gasteiger partial charge in [0.2, 0.25) is 5.82 Å². The molecule has 0 fully saturated rings. The second kappa shape index (κ2) is 6.79. The Morgan fingerprint density at radius 3 is 2.52 bits per heavy atom. The van der Waals surface area contributed by atoms with Crippen LogP contribution in [0.2, 0.25) is 5.02 Å². The van der Waals surface area contributed by atoms with Gasteiger partial charge in [0, 0.05) is 23.4 Å². The maximum absolute atomic E-state index is 10.9. The van der Waals surface area contributed by atoms with Crippen LogP contribution >= 0.6 is 11.6 Å². The number of rotatable bonds is 5. The zero-order chi connectivity index (χ0) is 17.0. The molecule has 0 radical (unpaired) electrons. The normalized spacial score (nSPS) is 10.7. The molecule has 1 aromatic heterocycles. The molecule has 0 saturated heterocycles. The Morgan fingerprint density at radius 1 is 1.17 bits per heavy atom. The summed E-state index contributed by atoms with van der Waals surface area (Å²) in [7, 11) is 0. The summed E-state index contributed by atoms with van der Waals surface area (Å²) in [6, 6.07) is 6.96. The van der Waals surface area contributed by atoms with Crippen molar-refractivity contribution in [3.05, 3.63) is 66.8 Å². The predicted molar refractivity (Wildman–Crippen MR) is 85.0 cm³/mol. The molecule has 0 aliphatic heterocycles. The van der Waals surface area contributed by atoms with E-state index in [-0.39, 0.29) is 22.2 Å². The molecule has 0 aliphatic rings. The fourth-order valence-electron chi connectivity index (χ4n) is 1.70. The maximum atomic E-state index is 10.9. The van der Waals surface area contributed by atoms with Crippen LogP contribution in [0.4, 0.5) is 17.2 Å². The summed E-state index contributed by atoms with van der Waals surface area (Å²) in [5, 5.41) is 25.5. The third kappa shape index (κ3) is 3.98. The van der Waals surface area contributed by atoms with Crippen LogP contribution in [0.1, 0.15) is 11.3 Å². The van der Waals surface area contributed by atoms with Gasteiger partial charge in [-0.1, -0.05) is 17.7 Å². The molecule has 1 aromatic carbocycles. The minimum atomic E-state index is -0.611. The van der Waals surface area contributed by atoms with Gasteiger partial charge in [-0.3, -0.25) is 25.7 Å². The van der Waals surface area contributed by atoms with E-state index in [0.717, 1.165) is 0 Å². The molecule has 2 rings (SSSR count). The summed E-state index contributed by atoms with van der Waals surface area (Å²) in [5.74, 6) is -0.0188. The summed E-state index contributed by atoms with van der Waals surface area (Å²) in [6.45, 7) is 1.68. The number of anilines is 1. The monoisotopic (exact) mass is 335 g/mol. The van der Waals surface area contributed by atoms with Crippen molar-refractivity contribution in [2.45, 2.75) is 6.92 Å². The smallest absolute Gasteiger partial charge is 0.258 e. The summed E-state index contributed by atoms with van der Waals surface area (Å²) in [6.07, 6.45) is 1.27. The predicted octanol–water partition coefficient (Wildman–Crippen LogP) is 3.31. The van der Waals surface area contributed by atoms with E-state index >= 15 is 0 Å². The highest BCUT2D eigenvalue weighted by Gasteiger charge is 2.15. The highest BCUT2D eigenvalue weighted by atomic mass is 35.5. The number of halogens is 1. The van der Waals surface area contributed by atoms with Crippen LogP contribution in [0.5, 0.6) is 0 Å². The van der Waals surface area contributed by atoms with Crippen molar-refractivity contribution in [2.75, 3.05) is 5.43 Å². The number of nitro benzene ring substituents is 1. The highest BCUT2D eigenvalue weighted by Crippen LogP contribution is 2.25. The first-order chi connectivity index (χ1) is 10.9. The number of hydrogen-bond acceptors (Lipinski definition) is 7. The molecule has 1 heterocycles. The third-order valence-corrected chi connectivity index (χ3v) is 3.08. The van der Waals surface area contributed by atoms with Crippen LogP contribution < -0.4 is 5.43 Å². The molecule has 0 bridgehead atoms. The van der Waals surface area contributed by atoms with Gasteiger partial charge in [0.25, 0.3) is 5.69 Å². The number of nitrogens with one attached hydrogen (secondary N) is 1. The minimum Gasteiger partial charge on any atom is -0.258 e. The lowest BCUT2D eigenvalue weighted by molar-refractivity contribution is -0.384. The first-order valence-electron chi connectivity index (χ1n) is 6.23. The van der Waals surface area contributed by atoms with E-state index in [0.29, 0.717) is 11.3 Å². The molecular weight excluding hydrogens is 326 g/mol.